The molecule has 8 nitrogen and oxygen atoms in total. The minimum absolute atomic E-state index is 0.132. The second kappa shape index (κ2) is 10.5. The van der Waals surface area contributed by atoms with Crippen LogP contribution in [-0.2, 0) is 19.1 Å². The predicted molar refractivity (Wildman–Crippen MR) is 101 cm³/mol. The van der Waals surface area contributed by atoms with Crippen molar-refractivity contribution in [1.82, 2.24) is 16.2 Å². The van der Waals surface area contributed by atoms with Crippen molar-refractivity contribution in [3.05, 3.63) is 71.8 Å². The standard InChI is InChI=1S/C20H21N3O5/c1-14(24)21-17(15-8-4-2-5-9-15)12-19(26)28-13-18(25)22-23-20(27)16-10-6-3-7-11-16/h2-11,17H,12-13H2,1H3,(H,21,24)(H,22,25)(H,23,27)/t17-/m0/s1. The Balaban J connectivity index is 1.79. The van der Waals surface area contributed by atoms with Gasteiger partial charge in [-0.25, -0.2) is 0 Å². The van der Waals surface area contributed by atoms with Gasteiger partial charge in [-0.15, -0.1) is 0 Å². The maximum Gasteiger partial charge on any atom is 0.308 e. The Bertz CT molecular complexity index is 824. The molecule has 0 saturated heterocycles. The van der Waals surface area contributed by atoms with E-state index in [-0.39, 0.29) is 12.3 Å². The quantitative estimate of drug-likeness (QED) is 0.492. The molecule has 2 aromatic carbocycles. The Kier molecular flexibility index (Phi) is 7.71. The molecule has 8 heteroatoms. The molecule has 3 amide bonds. The number of hydrogen-bond acceptors (Lipinski definition) is 5. The molecule has 146 valence electrons. The van der Waals surface area contributed by atoms with Gasteiger partial charge in [0.1, 0.15) is 0 Å². The van der Waals surface area contributed by atoms with Crippen molar-refractivity contribution in [2.24, 2.45) is 0 Å². The Morgan fingerprint density at radius 2 is 1.50 bits per heavy atom. The van der Waals surface area contributed by atoms with E-state index in [1.165, 1.54) is 6.92 Å². The molecule has 28 heavy (non-hydrogen) atoms. The van der Waals surface area contributed by atoms with Gasteiger partial charge in [0.25, 0.3) is 11.8 Å². The molecular weight excluding hydrogens is 362 g/mol. The SMILES string of the molecule is CC(=O)N[C@@H](CC(=O)OCC(=O)NNC(=O)c1ccccc1)c1ccccc1. The number of rotatable bonds is 7. The fourth-order valence-electron chi connectivity index (χ4n) is 2.38. The minimum atomic E-state index is -0.687. The summed E-state index contributed by atoms with van der Waals surface area (Å²) in [6.07, 6.45) is -0.132. The lowest BCUT2D eigenvalue weighted by Gasteiger charge is -2.17. The fraction of sp³-hybridized carbons (Fsp3) is 0.200. The van der Waals surface area contributed by atoms with E-state index in [0.717, 1.165) is 5.56 Å². The third kappa shape index (κ3) is 6.91. The van der Waals surface area contributed by atoms with Gasteiger partial charge in [-0.05, 0) is 17.7 Å². The van der Waals surface area contributed by atoms with E-state index >= 15 is 0 Å². The van der Waals surface area contributed by atoms with E-state index in [2.05, 4.69) is 16.2 Å². The normalized spacial score (nSPS) is 11.0. The summed E-state index contributed by atoms with van der Waals surface area (Å²) in [6, 6.07) is 16.7. The summed E-state index contributed by atoms with van der Waals surface area (Å²) < 4.78 is 4.92. The minimum Gasteiger partial charge on any atom is -0.455 e. The van der Waals surface area contributed by atoms with Crippen LogP contribution in [0.5, 0.6) is 0 Å². The highest BCUT2D eigenvalue weighted by molar-refractivity contribution is 5.95. The van der Waals surface area contributed by atoms with Gasteiger partial charge in [-0.2, -0.15) is 0 Å². The maximum atomic E-state index is 12.0. The van der Waals surface area contributed by atoms with Gasteiger partial charge in [0.2, 0.25) is 5.91 Å². The Labute approximate surface area is 162 Å². The number of hydrazine groups is 1. The highest BCUT2D eigenvalue weighted by Crippen LogP contribution is 2.17. The highest BCUT2D eigenvalue weighted by Gasteiger charge is 2.18. The number of hydrogen-bond donors (Lipinski definition) is 3. The first kappa shape index (κ1) is 20.6. The number of carbonyl (C=O) groups excluding carboxylic acids is 4. The monoisotopic (exact) mass is 383 g/mol. The van der Waals surface area contributed by atoms with Crippen LogP contribution in [0.15, 0.2) is 60.7 Å². The summed E-state index contributed by atoms with van der Waals surface area (Å²) in [5.74, 6) is -2.13. The predicted octanol–water partition coefficient (Wildman–Crippen LogP) is 1.26. The Morgan fingerprint density at radius 3 is 2.11 bits per heavy atom. The lowest BCUT2D eigenvalue weighted by Crippen LogP contribution is -2.43. The smallest absolute Gasteiger partial charge is 0.308 e. The zero-order chi connectivity index (χ0) is 20.4. The average molecular weight is 383 g/mol. The fourth-order valence-corrected chi connectivity index (χ4v) is 2.38. The van der Waals surface area contributed by atoms with Gasteiger partial charge in [0.05, 0.1) is 12.5 Å². The summed E-state index contributed by atoms with van der Waals surface area (Å²) in [6.45, 7) is 0.791. The van der Waals surface area contributed by atoms with Crippen LogP contribution in [0.3, 0.4) is 0 Å². The molecule has 0 radical (unpaired) electrons. The van der Waals surface area contributed by atoms with Crippen LogP contribution >= 0.6 is 0 Å². The lowest BCUT2D eigenvalue weighted by atomic mass is 10.0. The zero-order valence-electron chi connectivity index (χ0n) is 15.3. The summed E-state index contributed by atoms with van der Waals surface area (Å²) >= 11 is 0. The van der Waals surface area contributed by atoms with Crippen LogP contribution in [0, 0.1) is 0 Å². The molecule has 2 rings (SSSR count). The van der Waals surface area contributed by atoms with E-state index < -0.39 is 30.4 Å². The van der Waals surface area contributed by atoms with Crippen molar-refractivity contribution in [2.45, 2.75) is 19.4 Å². The van der Waals surface area contributed by atoms with E-state index in [1.54, 1.807) is 54.6 Å². The number of benzene rings is 2. The van der Waals surface area contributed by atoms with E-state index in [1.807, 2.05) is 6.07 Å². The van der Waals surface area contributed by atoms with Crippen molar-refractivity contribution in [2.75, 3.05) is 6.61 Å². The first-order chi connectivity index (χ1) is 13.5. The first-order valence-corrected chi connectivity index (χ1v) is 8.57. The first-order valence-electron chi connectivity index (χ1n) is 8.57. The molecule has 0 spiro atoms. The molecule has 0 saturated carbocycles. The van der Waals surface area contributed by atoms with Crippen LogP contribution in [0.1, 0.15) is 35.3 Å². The van der Waals surface area contributed by atoms with Crippen LogP contribution in [0.25, 0.3) is 0 Å². The van der Waals surface area contributed by atoms with Gasteiger partial charge < -0.3 is 10.1 Å². The van der Waals surface area contributed by atoms with Crippen LogP contribution in [0.4, 0.5) is 0 Å². The third-order valence-corrected chi connectivity index (χ3v) is 3.67. The molecule has 1 atom stereocenters. The number of nitrogens with one attached hydrogen (secondary N) is 3. The number of amides is 3. The van der Waals surface area contributed by atoms with Crippen molar-refractivity contribution in [1.29, 1.82) is 0 Å². The molecule has 0 aliphatic heterocycles. The topological polar surface area (TPSA) is 114 Å². The highest BCUT2D eigenvalue weighted by atomic mass is 16.5. The molecule has 3 N–H and O–H groups in total. The summed E-state index contributed by atoms with van der Waals surface area (Å²) in [4.78, 5) is 47.0. The van der Waals surface area contributed by atoms with Crippen molar-refractivity contribution in [3.63, 3.8) is 0 Å². The van der Waals surface area contributed by atoms with Gasteiger partial charge in [-0.3, -0.25) is 30.0 Å². The summed E-state index contributed by atoms with van der Waals surface area (Å²) in [5.41, 5.74) is 5.52. The molecule has 0 aliphatic carbocycles. The van der Waals surface area contributed by atoms with Gasteiger partial charge >= 0.3 is 5.97 Å². The number of carbonyl (C=O) groups is 4. The molecule has 2 aromatic rings. The van der Waals surface area contributed by atoms with E-state index in [9.17, 15) is 19.2 Å². The molecule has 0 unspecified atom stereocenters. The van der Waals surface area contributed by atoms with Gasteiger partial charge in [0, 0.05) is 12.5 Å². The molecule has 0 aliphatic rings. The third-order valence-electron chi connectivity index (χ3n) is 3.67. The molecule has 0 aromatic heterocycles. The Morgan fingerprint density at radius 1 is 0.893 bits per heavy atom. The maximum absolute atomic E-state index is 12.0. The van der Waals surface area contributed by atoms with E-state index in [0.29, 0.717) is 5.56 Å². The molecule has 0 bridgehead atoms. The largest absolute Gasteiger partial charge is 0.455 e. The van der Waals surface area contributed by atoms with Crippen molar-refractivity contribution >= 4 is 23.7 Å². The van der Waals surface area contributed by atoms with Crippen LogP contribution in [0.2, 0.25) is 0 Å². The second-order valence-electron chi connectivity index (χ2n) is 5.90. The second-order valence-corrected chi connectivity index (χ2v) is 5.90. The van der Waals surface area contributed by atoms with Crippen LogP contribution < -0.4 is 16.2 Å². The lowest BCUT2D eigenvalue weighted by molar-refractivity contribution is -0.149. The molecule has 0 fully saturated rings. The Hall–Kier alpha value is -3.68. The van der Waals surface area contributed by atoms with Crippen molar-refractivity contribution in [3.8, 4) is 0 Å². The number of esters is 1. The van der Waals surface area contributed by atoms with Gasteiger partial charge in [-0.1, -0.05) is 48.5 Å². The summed E-state index contributed by atoms with van der Waals surface area (Å²) in [7, 11) is 0. The zero-order valence-corrected chi connectivity index (χ0v) is 15.3. The molecular formula is C20H21N3O5. The average Bonchev–Trinajstić information content (AvgIpc) is 2.71. The van der Waals surface area contributed by atoms with E-state index in [4.69, 9.17) is 4.74 Å². The van der Waals surface area contributed by atoms with Crippen LogP contribution in [-0.4, -0.2) is 30.3 Å². The molecule has 0 heterocycles. The number of ether oxygens (including phenoxy) is 1. The van der Waals surface area contributed by atoms with Crippen molar-refractivity contribution < 1.29 is 23.9 Å². The summed E-state index contributed by atoms with van der Waals surface area (Å²) in [5, 5.41) is 2.68. The van der Waals surface area contributed by atoms with Gasteiger partial charge in [0.15, 0.2) is 6.61 Å².